The maximum atomic E-state index is 12.6. The minimum absolute atomic E-state index is 0.186. The lowest BCUT2D eigenvalue weighted by Gasteiger charge is -2.15. The lowest BCUT2D eigenvalue weighted by molar-refractivity contribution is 0.0946. The number of furan rings is 1. The van der Waals surface area contributed by atoms with E-state index in [0.717, 1.165) is 4.88 Å². The molecule has 0 atom stereocenters. The van der Waals surface area contributed by atoms with Crippen molar-refractivity contribution in [2.24, 2.45) is 0 Å². The topological polar surface area (TPSA) is 87.0 Å². The van der Waals surface area contributed by atoms with Crippen LogP contribution < -0.4 is 19.5 Å². The highest BCUT2D eigenvalue weighted by Crippen LogP contribution is 2.39. The van der Waals surface area contributed by atoms with Crippen molar-refractivity contribution in [3.63, 3.8) is 0 Å². The fraction of sp³-hybridized carbons (Fsp3) is 0.200. The maximum Gasteiger partial charge on any atom is 0.255 e. The normalized spacial score (nSPS) is 10.4. The van der Waals surface area contributed by atoms with Crippen LogP contribution in [0.1, 0.15) is 30.7 Å². The number of nitrogens with one attached hydrogen (secondary N) is 1. The molecular weight excluding hydrogens is 382 g/mol. The molecule has 2 aromatic heterocycles. The van der Waals surface area contributed by atoms with Crippen LogP contribution in [0.3, 0.4) is 0 Å². The van der Waals surface area contributed by atoms with Crippen molar-refractivity contribution in [1.29, 1.82) is 0 Å². The van der Waals surface area contributed by atoms with E-state index in [4.69, 9.17) is 18.6 Å². The number of ether oxygens (including phenoxy) is 3. The Morgan fingerprint density at radius 1 is 1.00 bits per heavy atom. The molecule has 3 aromatic rings. The van der Waals surface area contributed by atoms with Gasteiger partial charge in [-0.25, -0.2) is 0 Å². The first-order valence-electron chi connectivity index (χ1n) is 8.33. The number of carbonyl (C=O) groups is 2. The van der Waals surface area contributed by atoms with E-state index in [0.29, 0.717) is 27.7 Å². The second-order valence-corrected chi connectivity index (χ2v) is 6.81. The summed E-state index contributed by atoms with van der Waals surface area (Å²) in [5.41, 5.74) is 0.323. The van der Waals surface area contributed by atoms with E-state index >= 15 is 0 Å². The third-order valence-corrected chi connectivity index (χ3v) is 5.09. The zero-order chi connectivity index (χ0) is 20.1. The molecule has 0 aliphatic heterocycles. The highest BCUT2D eigenvalue weighted by atomic mass is 32.1. The van der Waals surface area contributed by atoms with Gasteiger partial charge in [-0.1, -0.05) is 0 Å². The molecule has 28 heavy (non-hydrogen) atoms. The van der Waals surface area contributed by atoms with Crippen molar-refractivity contribution in [3.8, 4) is 17.2 Å². The van der Waals surface area contributed by atoms with Gasteiger partial charge in [0.05, 0.1) is 44.6 Å². The zero-order valence-corrected chi connectivity index (χ0v) is 16.4. The molecule has 1 N–H and O–H groups in total. The Kier molecular flexibility index (Phi) is 6.00. The number of methoxy groups -OCH3 is 3. The molecule has 2 heterocycles. The van der Waals surface area contributed by atoms with E-state index in [9.17, 15) is 9.59 Å². The molecule has 0 radical (unpaired) electrons. The lowest BCUT2D eigenvalue weighted by Crippen LogP contribution is -2.23. The Balaban J connectivity index is 1.72. The minimum Gasteiger partial charge on any atom is -0.493 e. The van der Waals surface area contributed by atoms with Gasteiger partial charge in [-0.2, -0.15) is 0 Å². The summed E-state index contributed by atoms with van der Waals surface area (Å²) < 4.78 is 21.0. The fourth-order valence-electron chi connectivity index (χ4n) is 2.67. The zero-order valence-electron chi connectivity index (χ0n) is 15.6. The first-order valence-corrected chi connectivity index (χ1v) is 9.14. The van der Waals surface area contributed by atoms with E-state index in [2.05, 4.69) is 5.32 Å². The van der Waals surface area contributed by atoms with Crippen molar-refractivity contribution < 1.29 is 28.2 Å². The van der Waals surface area contributed by atoms with Crippen LogP contribution in [0.2, 0.25) is 0 Å². The first kappa shape index (κ1) is 19.5. The number of hydrogen-bond donors (Lipinski definition) is 1. The molecule has 146 valence electrons. The quantitative estimate of drug-likeness (QED) is 0.581. The molecule has 0 unspecified atom stereocenters. The highest BCUT2D eigenvalue weighted by Gasteiger charge is 2.21. The number of ketones is 1. The van der Waals surface area contributed by atoms with Gasteiger partial charge in [0, 0.05) is 4.88 Å². The van der Waals surface area contributed by atoms with Crippen LogP contribution in [0.5, 0.6) is 17.2 Å². The maximum absolute atomic E-state index is 12.6. The second-order valence-electron chi connectivity index (χ2n) is 5.64. The summed E-state index contributed by atoms with van der Waals surface area (Å²) >= 11 is 1.30. The van der Waals surface area contributed by atoms with E-state index in [1.54, 1.807) is 36.4 Å². The molecule has 8 heteroatoms. The summed E-state index contributed by atoms with van der Waals surface area (Å²) in [4.78, 5) is 26.3. The van der Waals surface area contributed by atoms with E-state index in [-0.39, 0.29) is 24.0 Å². The Morgan fingerprint density at radius 3 is 2.43 bits per heavy atom. The van der Waals surface area contributed by atoms with Gasteiger partial charge >= 0.3 is 0 Å². The predicted molar refractivity (Wildman–Crippen MR) is 104 cm³/mol. The van der Waals surface area contributed by atoms with Gasteiger partial charge in [-0.15, -0.1) is 11.3 Å². The third kappa shape index (κ3) is 3.86. The molecule has 1 amide bonds. The van der Waals surface area contributed by atoms with E-state index < -0.39 is 0 Å². The molecule has 1 aromatic carbocycles. The van der Waals surface area contributed by atoms with Gasteiger partial charge in [0.2, 0.25) is 11.5 Å². The lowest BCUT2D eigenvalue weighted by atomic mass is 10.1. The summed E-state index contributed by atoms with van der Waals surface area (Å²) in [6, 6.07) is 10.0. The third-order valence-electron chi connectivity index (χ3n) is 4.00. The van der Waals surface area contributed by atoms with Crippen molar-refractivity contribution >= 4 is 23.0 Å². The van der Waals surface area contributed by atoms with Crippen molar-refractivity contribution in [1.82, 2.24) is 5.32 Å². The first-order chi connectivity index (χ1) is 13.6. The molecule has 0 saturated carbocycles. The number of hydrogen-bond acceptors (Lipinski definition) is 7. The molecule has 0 aliphatic carbocycles. The van der Waals surface area contributed by atoms with E-state index in [1.807, 2.05) is 0 Å². The predicted octanol–water partition coefficient (Wildman–Crippen LogP) is 3.53. The number of rotatable bonds is 8. The van der Waals surface area contributed by atoms with Crippen LogP contribution >= 0.6 is 11.3 Å². The average molecular weight is 401 g/mol. The Bertz CT molecular complexity index is 977. The smallest absolute Gasteiger partial charge is 0.255 e. The molecule has 0 fully saturated rings. The molecular formula is C20H19NO6S. The molecule has 0 aliphatic rings. The van der Waals surface area contributed by atoms with Crippen LogP contribution in [-0.2, 0) is 6.54 Å². The van der Waals surface area contributed by atoms with Crippen LogP contribution in [-0.4, -0.2) is 33.0 Å². The Morgan fingerprint density at radius 2 is 1.79 bits per heavy atom. The number of benzene rings is 1. The summed E-state index contributed by atoms with van der Waals surface area (Å²) in [6.45, 7) is 0.270. The van der Waals surface area contributed by atoms with E-state index in [1.165, 1.54) is 38.9 Å². The van der Waals surface area contributed by atoms with Gasteiger partial charge in [0.15, 0.2) is 17.3 Å². The molecule has 0 saturated heterocycles. The molecule has 0 spiro atoms. The number of amides is 1. The van der Waals surface area contributed by atoms with Crippen LogP contribution in [0.25, 0.3) is 0 Å². The van der Waals surface area contributed by atoms with Crippen molar-refractivity contribution in [3.05, 3.63) is 63.7 Å². The summed E-state index contributed by atoms with van der Waals surface area (Å²) in [5.74, 6) is 0.876. The highest BCUT2D eigenvalue weighted by molar-refractivity contribution is 7.14. The summed E-state index contributed by atoms with van der Waals surface area (Å²) in [5, 5.41) is 2.83. The molecule has 3 rings (SSSR count). The largest absolute Gasteiger partial charge is 0.493 e. The van der Waals surface area contributed by atoms with Gasteiger partial charge in [-0.3, -0.25) is 9.59 Å². The fourth-order valence-corrected chi connectivity index (χ4v) is 3.56. The van der Waals surface area contributed by atoms with Crippen LogP contribution in [0.15, 0.2) is 47.1 Å². The molecule has 7 nitrogen and oxygen atoms in total. The second kappa shape index (κ2) is 8.62. The van der Waals surface area contributed by atoms with Crippen LogP contribution in [0, 0.1) is 0 Å². The standard InChI is InChI=1S/C20H19NO6S/c1-24-15-8-7-13(18(25-2)19(15)26-3)20(23)21-11-12-6-9-16(28-12)17(22)14-5-4-10-27-14/h4-10H,11H2,1-3H3,(H,21,23). The molecule has 0 bridgehead atoms. The van der Waals surface area contributed by atoms with Crippen molar-refractivity contribution in [2.45, 2.75) is 6.54 Å². The SMILES string of the molecule is COc1ccc(C(=O)NCc2ccc(C(=O)c3ccco3)s2)c(OC)c1OC. The Labute approximate surface area is 165 Å². The number of carbonyl (C=O) groups excluding carboxylic acids is 2. The number of thiophene rings is 1. The average Bonchev–Trinajstić information content (AvgIpc) is 3.42. The van der Waals surface area contributed by atoms with Gasteiger partial charge in [0.25, 0.3) is 5.91 Å². The minimum atomic E-state index is -0.329. The summed E-state index contributed by atoms with van der Waals surface area (Å²) in [6.07, 6.45) is 1.46. The van der Waals surface area contributed by atoms with Gasteiger partial charge < -0.3 is 23.9 Å². The van der Waals surface area contributed by atoms with Gasteiger partial charge in [-0.05, 0) is 36.4 Å². The van der Waals surface area contributed by atoms with Crippen molar-refractivity contribution in [2.75, 3.05) is 21.3 Å². The Hall–Kier alpha value is -3.26. The van der Waals surface area contributed by atoms with Crippen LogP contribution in [0.4, 0.5) is 0 Å². The van der Waals surface area contributed by atoms with Gasteiger partial charge in [0.1, 0.15) is 0 Å². The summed E-state index contributed by atoms with van der Waals surface area (Å²) in [7, 11) is 4.45. The monoisotopic (exact) mass is 401 g/mol.